The Bertz CT molecular complexity index is 787. The van der Waals surface area contributed by atoms with Crippen LogP contribution in [0.15, 0.2) is 36.4 Å². The van der Waals surface area contributed by atoms with Crippen LogP contribution in [0.1, 0.15) is 96.6 Å². The molecule has 2 saturated carbocycles. The molecule has 30 heavy (non-hydrogen) atoms. The number of ketones is 1. The van der Waals surface area contributed by atoms with Gasteiger partial charge in [0.15, 0.2) is 0 Å². The van der Waals surface area contributed by atoms with Crippen molar-refractivity contribution < 1.29 is 4.79 Å². The highest BCUT2D eigenvalue weighted by molar-refractivity contribution is 5.80. The van der Waals surface area contributed by atoms with Crippen LogP contribution in [0.25, 0.3) is 0 Å². The number of rotatable bonds is 8. The molecule has 0 aromatic heterocycles. The molecule has 2 atom stereocenters. The minimum atomic E-state index is 0.410. The molecule has 1 nitrogen and oxygen atoms in total. The third-order valence-electron chi connectivity index (χ3n) is 8.16. The number of hydrogen-bond acceptors (Lipinski definition) is 1. The molecule has 0 spiro atoms. The van der Waals surface area contributed by atoms with Gasteiger partial charge in [-0.25, -0.2) is 0 Å². The van der Waals surface area contributed by atoms with E-state index in [4.69, 9.17) is 0 Å². The van der Waals surface area contributed by atoms with Crippen LogP contribution < -0.4 is 0 Å². The minimum Gasteiger partial charge on any atom is -0.300 e. The number of Topliss-reactive ketones (excluding diaryl/α,β-unsaturated/α-hetero) is 1. The van der Waals surface area contributed by atoms with Gasteiger partial charge in [0.25, 0.3) is 0 Å². The second-order valence-corrected chi connectivity index (χ2v) is 10.2. The summed E-state index contributed by atoms with van der Waals surface area (Å²) in [4.78, 5) is 13.5. The molecule has 2 fully saturated rings. The summed E-state index contributed by atoms with van der Waals surface area (Å²) in [7, 11) is 0. The van der Waals surface area contributed by atoms with Crippen molar-refractivity contribution >= 4 is 5.78 Å². The van der Waals surface area contributed by atoms with E-state index in [0.717, 1.165) is 12.8 Å². The summed E-state index contributed by atoms with van der Waals surface area (Å²) in [5.74, 6) is 2.68. The standard InChI is InChI=1S/C29H38O/c1-19-9-5-10-20(2)28(19)26(23-13-7-14-23)17-25(30)18-27(24-15-8-16-24)29-21(3)11-6-12-22(29)4/h5-6,9-12,23-24,26-27H,7-8,13-18H2,1-4H3/t26-,27-/m1/s1. The van der Waals surface area contributed by atoms with Gasteiger partial charge >= 0.3 is 0 Å². The van der Waals surface area contributed by atoms with E-state index in [0.29, 0.717) is 29.5 Å². The lowest BCUT2D eigenvalue weighted by Crippen LogP contribution is -2.27. The average Bonchev–Trinajstić information content (AvgIpc) is 2.58. The molecule has 0 saturated heterocycles. The lowest BCUT2D eigenvalue weighted by molar-refractivity contribution is -0.120. The fourth-order valence-electron chi connectivity index (χ4n) is 6.09. The molecule has 0 aliphatic heterocycles. The molecule has 4 rings (SSSR count). The van der Waals surface area contributed by atoms with Crippen molar-refractivity contribution in [2.24, 2.45) is 11.8 Å². The molecule has 160 valence electrons. The largest absolute Gasteiger partial charge is 0.300 e. The van der Waals surface area contributed by atoms with E-state index in [9.17, 15) is 4.79 Å². The molecule has 2 aromatic rings. The second-order valence-electron chi connectivity index (χ2n) is 10.2. The van der Waals surface area contributed by atoms with E-state index in [-0.39, 0.29) is 0 Å². The summed E-state index contributed by atoms with van der Waals surface area (Å²) >= 11 is 0. The van der Waals surface area contributed by atoms with Crippen molar-refractivity contribution in [2.45, 2.75) is 90.9 Å². The van der Waals surface area contributed by atoms with Gasteiger partial charge in [-0.1, -0.05) is 49.2 Å². The van der Waals surface area contributed by atoms with Gasteiger partial charge < -0.3 is 0 Å². The topological polar surface area (TPSA) is 17.1 Å². The summed E-state index contributed by atoms with van der Waals surface area (Å²) in [6, 6.07) is 13.2. The molecule has 1 heteroatoms. The maximum Gasteiger partial charge on any atom is 0.134 e. The predicted octanol–water partition coefficient (Wildman–Crippen LogP) is 7.74. The first-order valence-electron chi connectivity index (χ1n) is 12.1. The summed E-state index contributed by atoms with van der Waals surface area (Å²) in [5, 5.41) is 0. The third kappa shape index (κ3) is 4.27. The first kappa shape index (κ1) is 21.3. The highest BCUT2D eigenvalue weighted by Crippen LogP contribution is 2.46. The predicted molar refractivity (Wildman–Crippen MR) is 126 cm³/mol. The zero-order valence-corrected chi connectivity index (χ0v) is 19.3. The van der Waals surface area contributed by atoms with E-state index >= 15 is 0 Å². The molecule has 2 aromatic carbocycles. The number of benzene rings is 2. The number of hydrogen-bond donors (Lipinski definition) is 0. The molecule has 0 unspecified atom stereocenters. The van der Waals surface area contributed by atoms with Gasteiger partial charge in [0.2, 0.25) is 0 Å². The monoisotopic (exact) mass is 402 g/mol. The molecule has 0 N–H and O–H groups in total. The van der Waals surface area contributed by atoms with Gasteiger partial charge in [-0.2, -0.15) is 0 Å². The van der Waals surface area contributed by atoms with Crippen LogP contribution in [0.4, 0.5) is 0 Å². The van der Waals surface area contributed by atoms with E-state index in [1.807, 2.05) is 0 Å². The lowest BCUT2D eigenvalue weighted by Gasteiger charge is -2.37. The summed E-state index contributed by atoms with van der Waals surface area (Å²) in [6.45, 7) is 8.91. The summed E-state index contributed by atoms with van der Waals surface area (Å²) < 4.78 is 0. The normalized spacial score (nSPS) is 19.1. The lowest BCUT2D eigenvalue weighted by atomic mass is 9.67. The van der Waals surface area contributed by atoms with E-state index in [2.05, 4.69) is 64.1 Å². The minimum absolute atomic E-state index is 0.410. The zero-order chi connectivity index (χ0) is 21.3. The fourth-order valence-corrected chi connectivity index (χ4v) is 6.09. The van der Waals surface area contributed by atoms with Crippen LogP contribution >= 0.6 is 0 Å². The van der Waals surface area contributed by atoms with E-state index in [1.54, 1.807) is 0 Å². The molecule has 2 aliphatic carbocycles. The molecule has 0 bridgehead atoms. The van der Waals surface area contributed by atoms with Crippen molar-refractivity contribution in [1.82, 2.24) is 0 Å². The molecular weight excluding hydrogens is 364 g/mol. The SMILES string of the molecule is Cc1cccc(C)c1[C@H](CC(=O)C[C@@H](c1c(C)cccc1C)C1CCC1)C1CCC1. The number of carbonyl (C=O) groups is 1. The molecule has 0 amide bonds. The van der Waals surface area contributed by atoms with Crippen molar-refractivity contribution in [3.05, 3.63) is 69.8 Å². The Labute approximate surface area is 183 Å². The Kier molecular flexibility index (Phi) is 6.46. The van der Waals surface area contributed by atoms with Crippen LogP contribution in [0.3, 0.4) is 0 Å². The van der Waals surface area contributed by atoms with Crippen molar-refractivity contribution in [3.63, 3.8) is 0 Å². The van der Waals surface area contributed by atoms with Gasteiger partial charge in [0, 0.05) is 12.8 Å². The first-order valence-corrected chi connectivity index (χ1v) is 12.1. The zero-order valence-electron chi connectivity index (χ0n) is 19.3. The average molecular weight is 403 g/mol. The van der Waals surface area contributed by atoms with E-state index in [1.165, 1.54) is 71.9 Å². The number of aryl methyl sites for hydroxylation is 4. The molecule has 0 radical (unpaired) electrons. The Morgan fingerprint density at radius 1 is 0.700 bits per heavy atom. The van der Waals surface area contributed by atoms with E-state index < -0.39 is 0 Å². The van der Waals surface area contributed by atoms with Crippen LogP contribution in [0, 0.1) is 39.5 Å². The Morgan fingerprint density at radius 2 is 1.03 bits per heavy atom. The van der Waals surface area contributed by atoms with Gasteiger partial charge in [0.1, 0.15) is 5.78 Å². The van der Waals surface area contributed by atoms with Gasteiger partial charge in [0.05, 0.1) is 0 Å². The molecular formula is C29H38O. The highest BCUT2D eigenvalue weighted by atomic mass is 16.1. The number of carbonyl (C=O) groups excluding carboxylic acids is 1. The van der Waals surface area contributed by atoms with Crippen LogP contribution in [0.2, 0.25) is 0 Å². The second kappa shape index (κ2) is 9.08. The van der Waals surface area contributed by atoms with Crippen LogP contribution in [0.5, 0.6) is 0 Å². The van der Waals surface area contributed by atoms with Crippen molar-refractivity contribution in [1.29, 1.82) is 0 Å². The van der Waals surface area contributed by atoms with Crippen molar-refractivity contribution in [3.8, 4) is 0 Å². The van der Waals surface area contributed by atoms with Crippen LogP contribution in [-0.4, -0.2) is 5.78 Å². The highest BCUT2D eigenvalue weighted by Gasteiger charge is 2.35. The summed E-state index contributed by atoms with van der Waals surface area (Å²) in [5.41, 5.74) is 8.38. The quantitative estimate of drug-likeness (QED) is 0.441. The third-order valence-corrected chi connectivity index (χ3v) is 8.16. The van der Waals surface area contributed by atoms with Gasteiger partial charge in [-0.15, -0.1) is 0 Å². The summed E-state index contributed by atoms with van der Waals surface area (Å²) in [6.07, 6.45) is 9.25. The maximum absolute atomic E-state index is 13.5. The first-order chi connectivity index (χ1) is 14.5. The fraction of sp³-hybridized carbons (Fsp3) is 0.552. The maximum atomic E-state index is 13.5. The van der Waals surface area contributed by atoms with Gasteiger partial charge in [-0.05, 0) is 110 Å². The van der Waals surface area contributed by atoms with Crippen LogP contribution in [-0.2, 0) is 4.79 Å². The Hall–Kier alpha value is -1.89. The Morgan fingerprint density at radius 3 is 1.30 bits per heavy atom. The molecule has 0 heterocycles. The van der Waals surface area contributed by atoms with Gasteiger partial charge in [-0.3, -0.25) is 4.79 Å². The Balaban J connectivity index is 1.57. The smallest absolute Gasteiger partial charge is 0.134 e. The van der Waals surface area contributed by atoms with Crippen molar-refractivity contribution in [2.75, 3.05) is 0 Å². The molecule has 2 aliphatic rings.